The molecule has 0 aliphatic carbocycles. The summed E-state index contributed by atoms with van der Waals surface area (Å²) in [7, 11) is 1.67. The molecule has 0 N–H and O–H groups in total. The van der Waals surface area contributed by atoms with Crippen molar-refractivity contribution >= 4 is 11.6 Å². The predicted molar refractivity (Wildman–Crippen MR) is 111 cm³/mol. The van der Waals surface area contributed by atoms with Gasteiger partial charge < -0.3 is 9.47 Å². The average Bonchev–Trinajstić information content (AvgIpc) is 2.44. The van der Waals surface area contributed by atoms with Gasteiger partial charge in [-0.15, -0.1) is 11.6 Å². The van der Waals surface area contributed by atoms with Crippen LogP contribution in [-0.4, -0.2) is 25.9 Å². The van der Waals surface area contributed by atoms with E-state index < -0.39 is 0 Å². The highest BCUT2D eigenvalue weighted by Crippen LogP contribution is 2.29. The lowest BCUT2D eigenvalue weighted by molar-refractivity contribution is -0.0323. The lowest BCUT2D eigenvalue weighted by atomic mass is 9.82. The molecule has 25 heavy (non-hydrogen) atoms. The fraction of sp³-hybridized carbons (Fsp3) is 1.00. The maximum Gasteiger partial charge on any atom is 0.146 e. The molecule has 6 atom stereocenters. The molecule has 0 rings (SSSR count). The highest BCUT2D eigenvalue weighted by atomic mass is 35.5. The van der Waals surface area contributed by atoms with Crippen LogP contribution in [0.1, 0.15) is 86.5 Å². The molecule has 6 unspecified atom stereocenters. The van der Waals surface area contributed by atoms with Crippen LogP contribution >= 0.6 is 11.6 Å². The van der Waals surface area contributed by atoms with Crippen molar-refractivity contribution in [2.24, 2.45) is 29.6 Å². The van der Waals surface area contributed by atoms with E-state index >= 15 is 0 Å². The lowest BCUT2D eigenvalue weighted by Gasteiger charge is -2.24. The number of ether oxygens (including phenoxy) is 2. The van der Waals surface area contributed by atoms with Crippen LogP contribution in [-0.2, 0) is 9.47 Å². The largest absolute Gasteiger partial charge is 0.359 e. The monoisotopic (exact) mass is 376 g/mol. The van der Waals surface area contributed by atoms with Gasteiger partial charge in [-0.05, 0) is 81.5 Å². The minimum atomic E-state index is 0.307. The second-order valence-electron chi connectivity index (χ2n) is 8.94. The van der Waals surface area contributed by atoms with E-state index in [-0.39, 0.29) is 0 Å². The Labute approximate surface area is 163 Å². The minimum absolute atomic E-state index is 0.307. The van der Waals surface area contributed by atoms with E-state index in [9.17, 15) is 0 Å². The lowest BCUT2D eigenvalue weighted by Crippen LogP contribution is -2.13. The van der Waals surface area contributed by atoms with Gasteiger partial charge in [0, 0.05) is 19.1 Å². The highest BCUT2D eigenvalue weighted by Gasteiger charge is 2.17. The summed E-state index contributed by atoms with van der Waals surface area (Å²) in [5.74, 6) is 3.98. The first-order chi connectivity index (χ1) is 11.7. The van der Waals surface area contributed by atoms with Gasteiger partial charge in [0.1, 0.15) is 6.79 Å². The van der Waals surface area contributed by atoms with Gasteiger partial charge in [-0.2, -0.15) is 0 Å². The molecule has 0 amide bonds. The molecule has 3 heteroatoms. The Balaban J connectivity index is 3.86. The zero-order chi connectivity index (χ0) is 19.2. The van der Waals surface area contributed by atoms with Crippen LogP contribution in [0.15, 0.2) is 0 Å². The van der Waals surface area contributed by atoms with E-state index in [0.717, 1.165) is 49.0 Å². The second kappa shape index (κ2) is 15.3. The van der Waals surface area contributed by atoms with Crippen molar-refractivity contribution in [3.63, 3.8) is 0 Å². The smallest absolute Gasteiger partial charge is 0.146 e. The maximum atomic E-state index is 6.13. The molecule has 0 spiro atoms. The first-order valence-electron chi connectivity index (χ1n) is 10.4. The number of hydrogen-bond donors (Lipinski definition) is 0. The molecule has 152 valence electrons. The fourth-order valence-electron chi connectivity index (χ4n) is 4.48. The number of rotatable bonds is 16. The minimum Gasteiger partial charge on any atom is -0.359 e. The van der Waals surface area contributed by atoms with Crippen LogP contribution in [0.2, 0.25) is 0 Å². The van der Waals surface area contributed by atoms with Crippen LogP contribution < -0.4 is 0 Å². The molecule has 0 aromatic heterocycles. The van der Waals surface area contributed by atoms with Gasteiger partial charge in [-0.3, -0.25) is 0 Å². The zero-order valence-electron chi connectivity index (χ0n) is 18.0. The Bertz CT molecular complexity index is 296. The SMILES string of the molecule is COCOCCCC(C)CC(C)CC(C)CC(C)CC(C)CC(C)Cl. The van der Waals surface area contributed by atoms with Gasteiger partial charge in [0.2, 0.25) is 0 Å². The van der Waals surface area contributed by atoms with Crippen LogP contribution in [0, 0.1) is 29.6 Å². The molecular formula is C22H45ClO2. The molecule has 0 heterocycles. The van der Waals surface area contributed by atoms with Gasteiger partial charge >= 0.3 is 0 Å². The topological polar surface area (TPSA) is 18.5 Å². The Hall–Kier alpha value is 0.210. The standard InChI is InChI=1S/C22H45ClO2/c1-17(9-8-10-25-16-24-7)11-18(2)12-19(3)13-20(4)14-21(5)15-22(6)23/h17-22H,8-16H2,1-7H3. The summed E-state index contributed by atoms with van der Waals surface area (Å²) in [5, 5.41) is 0.307. The first-order valence-corrected chi connectivity index (χ1v) is 10.9. The van der Waals surface area contributed by atoms with Crippen LogP contribution in [0.4, 0.5) is 0 Å². The van der Waals surface area contributed by atoms with Crippen molar-refractivity contribution in [2.45, 2.75) is 91.9 Å². The highest BCUT2D eigenvalue weighted by molar-refractivity contribution is 6.20. The predicted octanol–water partition coefficient (Wildman–Crippen LogP) is 7.15. The van der Waals surface area contributed by atoms with Crippen molar-refractivity contribution < 1.29 is 9.47 Å². The van der Waals surface area contributed by atoms with Gasteiger partial charge in [0.15, 0.2) is 0 Å². The third kappa shape index (κ3) is 16.1. The number of methoxy groups -OCH3 is 1. The van der Waals surface area contributed by atoms with Crippen LogP contribution in [0.5, 0.6) is 0 Å². The van der Waals surface area contributed by atoms with E-state index in [1.807, 2.05) is 0 Å². The van der Waals surface area contributed by atoms with E-state index in [1.165, 1.54) is 32.1 Å². The van der Waals surface area contributed by atoms with Crippen LogP contribution in [0.3, 0.4) is 0 Å². The number of halogens is 1. The van der Waals surface area contributed by atoms with E-state index in [4.69, 9.17) is 21.1 Å². The average molecular weight is 377 g/mol. The van der Waals surface area contributed by atoms with Gasteiger partial charge in [-0.1, -0.05) is 34.6 Å². The molecule has 0 bridgehead atoms. The zero-order valence-corrected chi connectivity index (χ0v) is 18.8. The van der Waals surface area contributed by atoms with Crippen molar-refractivity contribution in [1.29, 1.82) is 0 Å². The summed E-state index contributed by atoms with van der Waals surface area (Å²) in [6.45, 7) is 15.4. The Morgan fingerprint density at radius 3 is 1.56 bits per heavy atom. The summed E-state index contributed by atoms with van der Waals surface area (Å²) in [6, 6.07) is 0. The summed E-state index contributed by atoms with van der Waals surface area (Å²) in [6.07, 6.45) is 8.90. The van der Waals surface area contributed by atoms with E-state index in [2.05, 4.69) is 41.5 Å². The summed E-state index contributed by atoms with van der Waals surface area (Å²) < 4.78 is 10.3. The molecule has 0 saturated heterocycles. The van der Waals surface area contributed by atoms with E-state index in [0.29, 0.717) is 12.2 Å². The van der Waals surface area contributed by atoms with Crippen molar-refractivity contribution in [1.82, 2.24) is 0 Å². The molecular weight excluding hydrogens is 332 g/mol. The summed E-state index contributed by atoms with van der Waals surface area (Å²) in [4.78, 5) is 0. The van der Waals surface area contributed by atoms with Gasteiger partial charge in [-0.25, -0.2) is 0 Å². The molecule has 0 aromatic carbocycles. The van der Waals surface area contributed by atoms with Gasteiger partial charge in [0.25, 0.3) is 0 Å². The third-order valence-corrected chi connectivity index (χ3v) is 5.31. The van der Waals surface area contributed by atoms with Crippen molar-refractivity contribution in [3.8, 4) is 0 Å². The van der Waals surface area contributed by atoms with Crippen molar-refractivity contribution in [2.75, 3.05) is 20.5 Å². The normalized spacial score (nSPS) is 19.2. The van der Waals surface area contributed by atoms with Crippen LogP contribution in [0.25, 0.3) is 0 Å². The van der Waals surface area contributed by atoms with E-state index in [1.54, 1.807) is 7.11 Å². The number of hydrogen-bond acceptors (Lipinski definition) is 2. The molecule has 2 nitrogen and oxygen atoms in total. The van der Waals surface area contributed by atoms with Gasteiger partial charge in [0.05, 0.1) is 0 Å². The third-order valence-electron chi connectivity index (χ3n) is 5.13. The quantitative estimate of drug-likeness (QED) is 0.162. The second-order valence-corrected chi connectivity index (χ2v) is 9.69. The molecule has 0 saturated carbocycles. The van der Waals surface area contributed by atoms with Crippen molar-refractivity contribution in [3.05, 3.63) is 0 Å². The fourth-order valence-corrected chi connectivity index (χ4v) is 4.79. The molecule has 0 aliphatic heterocycles. The molecule has 0 radical (unpaired) electrons. The summed E-state index contributed by atoms with van der Waals surface area (Å²) >= 11 is 6.13. The maximum absolute atomic E-state index is 6.13. The Morgan fingerprint density at radius 2 is 1.12 bits per heavy atom. The molecule has 0 aromatic rings. The summed E-state index contributed by atoms with van der Waals surface area (Å²) in [5.41, 5.74) is 0. The first kappa shape index (κ1) is 25.2. The Morgan fingerprint density at radius 1 is 0.680 bits per heavy atom. The molecule has 0 fully saturated rings. The number of alkyl halides is 1. The molecule has 0 aliphatic rings. The Kier molecular flexibility index (Phi) is 15.4.